The minimum Gasteiger partial charge on any atom is -0.295 e. The Morgan fingerprint density at radius 3 is 2.41 bits per heavy atom. The lowest BCUT2D eigenvalue weighted by atomic mass is 10.0. The van der Waals surface area contributed by atoms with Crippen molar-refractivity contribution in [2.75, 3.05) is 19.6 Å². The molecule has 0 unspecified atom stereocenters. The van der Waals surface area contributed by atoms with E-state index in [0.717, 1.165) is 11.1 Å². The molecule has 2 N–H and O–H groups in total. The Labute approximate surface area is 166 Å². The van der Waals surface area contributed by atoms with Gasteiger partial charge in [0.2, 0.25) is 5.91 Å². The number of hydrogen-bond acceptors (Lipinski definition) is 4. The van der Waals surface area contributed by atoms with Crippen LogP contribution >= 0.6 is 0 Å². The lowest BCUT2D eigenvalue weighted by Crippen LogP contribution is -2.40. The summed E-state index contributed by atoms with van der Waals surface area (Å²) in [6.45, 7) is -0.112. The summed E-state index contributed by atoms with van der Waals surface area (Å²) in [5, 5.41) is 13.5. The molecule has 0 radical (unpaired) electrons. The molecule has 3 atom stereocenters. The number of amides is 1. The quantitative estimate of drug-likeness (QED) is 0.589. The first-order chi connectivity index (χ1) is 13.9. The van der Waals surface area contributed by atoms with Gasteiger partial charge in [-0.15, -0.1) is 0 Å². The second-order valence-electron chi connectivity index (χ2n) is 7.84. The van der Waals surface area contributed by atoms with Crippen LogP contribution in [0.2, 0.25) is 0 Å². The molecule has 1 aromatic carbocycles. The van der Waals surface area contributed by atoms with Crippen molar-refractivity contribution in [1.29, 1.82) is 0 Å². The number of hydroxylamine groups is 1. The predicted octanol–water partition coefficient (Wildman–Crippen LogP) is 3.08. The van der Waals surface area contributed by atoms with Gasteiger partial charge in [0.15, 0.2) is 0 Å². The number of alkyl halides is 3. The molecule has 6 nitrogen and oxygen atoms in total. The van der Waals surface area contributed by atoms with Crippen LogP contribution in [0.1, 0.15) is 41.8 Å². The van der Waals surface area contributed by atoms with E-state index < -0.39 is 18.6 Å². The Balaban J connectivity index is 1.44. The molecule has 29 heavy (non-hydrogen) atoms. The molecule has 1 aliphatic carbocycles. The third kappa shape index (κ3) is 4.30. The maximum Gasteiger partial charge on any atom is 0.401 e. The van der Waals surface area contributed by atoms with Crippen molar-refractivity contribution in [3.05, 3.63) is 53.9 Å². The smallest absolute Gasteiger partial charge is 0.295 e. The monoisotopic (exact) mass is 408 g/mol. The first-order valence-electron chi connectivity index (χ1n) is 9.69. The maximum atomic E-state index is 12.6. The highest BCUT2D eigenvalue weighted by atomic mass is 19.4. The zero-order valence-corrected chi connectivity index (χ0v) is 15.7. The van der Waals surface area contributed by atoms with E-state index >= 15 is 0 Å². The number of likely N-dealkylation sites (tertiary alicyclic amines) is 1. The number of aromatic nitrogens is 2. The Kier molecular flexibility index (Phi) is 5.35. The Morgan fingerprint density at radius 1 is 1.14 bits per heavy atom. The number of hydrogen-bond donors (Lipinski definition) is 2. The average molecular weight is 408 g/mol. The second-order valence-corrected chi connectivity index (χ2v) is 7.84. The van der Waals surface area contributed by atoms with Crippen molar-refractivity contribution in [2.45, 2.75) is 36.9 Å². The van der Waals surface area contributed by atoms with Crippen LogP contribution in [0.3, 0.4) is 0 Å². The summed E-state index contributed by atoms with van der Waals surface area (Å²) < 4.78 is 39.5. The van der Waals surface area contributed by atoms with Crippen LogP contribution in [0.25, 0.3) is 0 Å². The highest BCUT2D eigenvalue weighted by Crippen LogP contribution is 2.60. The van der Waals surface area contributed by atoms with Gasteiger partial charge in [-0.25, -0.2) is 5.48 Å². The molecule has 2 fully saturated rings. The van der Waals surface area contributed by atoms with E-state index in [1.54, 1.807) is 11.7 Å². The van der Waals surface area contributed by atoms with Crippen LogP contribution in [0, 0.1) is 5.92 Å². The van der Waals surface area contributed by atoms with Crippen molar-refractivity contribution < 1.29 is 23.2 Å². The SMILES string of the molecule is O=C(NO)[C@@H]1[C@H](c2ccccc2)[C@H]1c1cnn(C2CCN(CC(F)(F)F)CC2)c1. The summed E-state index contributed by atoms with van der Waals surface area (Å²) in [5.41, 5.74) is 3.69. The van der Waals surface area contributed by atoms with Gasteiger partial charge in [-0.1, -0.05) is 30.3 Å². The van der Waals surface area contributed by atoms with E-state index in [0.29, 0.717) is 25.9 Å². The molecule has 156 valence electrons. The zero-order chi connectivity index (χ0) is 20.6. The second kappa shape index (κ2) is 7.79. The van der Waals surface area contributed by atoms with Gasteiger partial charge >= 0.3 is 6.18 Å². The molecular weight excluding hydrogens is 385 g/mol. The number of nitrogens with zero attached hydrogens (tertiary/aromatic N) is 3. The first-order valence-corrected chi connectivity index (χ1v) is 9.69. The topological polar surface area (TPSA) is 70.4 Å². The Morgan fingerprint density at radius 2 is 1.79 bits per heavy atom. The summed E-state index contributed by atoms with van der Waals surface area (Å²) in [5.74, 6) is -0.899. The third-order valence-corrected chi connectivity index (χ3v) is 5.96. The van der Waals surface area contributed by atoms with E-state index in [-0.39, 0.29) is 23.8 Å². The number of nitrogens with one attached hydrogen (secondary N) is 1. The number of halogens is 3. The number of piperidine rings is 1. The van der Waals surface area contributed by atoms with Crippen molar-refractivity contribution in [2.24, 2.45) is 5.92 Å². The average Bonchev–Trinajstić information content (AvgIpc) is 3.26. The highest BCUT2D eigenvalue weighted by Gasteiger charge is 2.56. The van der Waals surface area contributed by atoms with Gasteiger partial charge in [0, 0.05) is 31.1 Å². The van der Waals surface area contributed by atoms with Gasteiger partial charge in [0.1, 0.15) is 0 Å². The predicted molar refractivity (Wildman–Crippen MR) is 98.3 cm³/mol. The summed E-state index contributed by atoms with van der Waals surface area (Å²) in [4.78, 5) is 13.5. The molecule has 1 saturated heterocycles. The highest BCUT2D eigenvalue weighted by molar-refractivity contribution is 5.84. The lowest BCUT2D eigenvalue weighted by molar-refractivity contribution is -0.148. The van der Waals surface area contributed by atoms with Crippen LogP contribution in [0.15, 0.2) is 42.7 Å². The fraction of sp³-hybridized carbons (Fsp3) is 0.500. The lowest BCUT2D eigenvalue weighted by Gasteiger charge is -2.32. The minimum atomic E-state index is -4.17. The van der Waals surface area contributed by atoms with Crippen LogP contribution in [0.4, 0.5) is 13.2 Å². The molecule has 1 aromatic heterocycles. The molecule has 9 heteroatoms. The van der Waals surface area contributed by atoms with Gasteiger partial charge in [-0.2, -0.15) is 18.3 Å². The molecule has 4 rings (SSSR count). The fourth-order valence-electron chi connectivity index (χ4n) is 4.54. The molecule has 1 saturated carbocycles. The zero-order valence-electron chi connectivity index (χ0n) is 15.7. The van der Waals surface area contributed by atoms with Crippen LogP contribution < -0.4 is 5.48 Å². The minimum absolute atomic E-state index is 0.0327. The standard InChI is InChI=1S/C20H23F3N4O2/c21-20(22,23)12-26-8-6-15(7-9-26)27-11-14(10-24-27)17-16(18(17)19(28)25-29)13-4-2-1-3-5-13/h1-5,10-11,15-18,29H,6-9,12H2,(H,25,28)/t16-,17-,18-/m1/s1. The van der Waals surface area contributed by atoms with Crippen LogP contribution in [0.5, 0.6) is 0 Å². The number of carbonyl (C=O) groups is 1. The van der Waals surface area contributed by atoms with E-state index in [1.807, 2.05) is 41.2 Å². The van der Waals surface area contributed by atoms with Crippen molar-refractivity contribution in [3.63, 3.8) is 0 Å². The van der Waals surface area contributed by atoms with Crippen molar-refractivity contribution >= 4 is 5.91 Å². The van der Waals surface area contributed by atoms with E-state index in [4.69, 9.17) is 5.21 Å². The molecule has 0 bridgehead atoms. The Bertz CT molecular complexity index is 847. The largest absolute Gasteiger partial charge is 0.401 e. The Hall–Kier alpha value is -2.39. The molecule has 1 aliphatic heterocycles. The molecule has 2 aromatic rings. The summed E-state index contributed by atoms with van der Waals surface area (Å²) >= 11 is 0. The number of benzene rings is 1. The van der Waals surface area contributed by atoms with Crippen LogP contribution in [-0.2, 0) is 4.79 Å². The van der Waals surface area contributed by atoms with Crippen molar-refractivity contribution in [3.8, 4) is 0 Å². The normalized spacial score (nSPS) is 25.7. The molecule has 1 amide bonds. The van der Waals surface area contributed by atoms with E-state index in [2.05, 4.69) is 5.10 Å². The van der Waals surface area contributed by atoms with Gasteiger partial charge in [-0.3, -0.25) is 19.6 Å². The number of carbonyl (C=O) groups excluding carboxylic acids is 1. The molecular formula is C20H23F3N4O2. The summed E-state index contributed by atoms with van der Waals surface area (Å²) in [6, 6.07) is 9.71. The van der Waals surface area contributed by atoms with Gasteiger partial charge in [0.05, 0.1) is 24.7 Å². The number of rotatable bonds is 5. The summed E-state index contributed by atoms with van der Waals surface area (Å²) in [7, 11) is 0. The van der Waals surface area contributed by atoms with E-state index in [9.17, 15) is 18.0 Å². The molecule has 0 spiro atoms. The maximum absolute atomic E-state index is 12.6. The van der Waals surface area contributed by atoms with Gasteiger partial charge < -0.3 is 0 Å². The van der Waals surface area contributed by atoms with Crippen LogP contribution in [-0.4, -0.2) is 51.6 Å². The third-order valence-electron chi connectivity index (χ3n) is 5.96. The van der Waals surface area contributed by atoms with Crippen molar-refractivity contribution in [1.82, 2.24) is 20.2 Å². The molecule has 2 aliphatic rings. The van der Waals surface area contributed by atoms with E-state index in [1.165, 1.54) is 4.90 Å². The van der Waals surface area contributed by atoms with Gasteiger partial charge in [0.25, 0.3) is 0 Å². The van der Waals surface area contributed by atoms with Gasteiger partial charge in [-0.05, 0) is 24.0 Å². The summed E-state index contributed by atoms with van der Waals surface area (Å²) in [6.07, 6.45) is 0.657. The molecule has 2 heterocycles. The first kappa shape index (κ1) is 19.9. The fourth-order valence-corrected chi connectivity index (χ4v) is 4.54.